The summed E-state index contributed by atoms with van der Waals surface area (Å²) >= 11 is 4.99. The van der Waals surface area contributed by atoms with Gasteiger partial charge in [-0.05, 0) is 30.5 Å². The predicted molar refractivity (Wildman–Crippen MR) is 120 cm³/mol. The van der Waals surface area contributed by atoms with Crippen LogP contribution in [0.25, 0.3) is 11.0 Å². The molecule has 4 rings (SSSR count). The van der Waals surface area contributed by atoms with E-state index in [9.17, 15) is 9.59 Å². The first kappa shape index (κ1) is 20.3. The Morgan fingerprint density at radius 2 is 1.72 bits per heavy atom. The number of aryl methyl sites for hydroxylation is 1. The number of thioether (sulfide) groups is 1. The van der Waals surface area contributed by atoms with E-state index < -0.39 is 0 Å². The number of hydrogen-bond acceptors (Lipinski definition) is 5. The summed E-state index contributed by atoms with van der Waals surface area (Å²) in [5, 5.41) is 1.09. The predicted octanol–water partition coefficient (Wildman–Crippen LogP) is 4.13. The summed E-state index contributed by atoms with van der Waals surface area (Å²) in [6.07, 6.45) is 5.70. The minimum absolute atomic E-state index is 0.291. The number of benzene rings is 1. The van der Waals surface area contributed by atoms with Crippen molar-refractivity contribution < 1.29 is 0 Å². The van der Waals surface area contributed by atoms with Crippen molar-refractivity contribution in [1.82, 2.24) is 19.1 Å². The fourth-order valence-electron chi connectivity index (χ4n) is 3.83. The van der Waals surface area contributed by atoms with Gasteiger partial charge in [0, 0.05) is 30.2 Å². The maximum Gasteiger partial charge on any atom is 0.332 e. The molecule has 0 amide bonds. The maximum absolute atomic E-state index is 12.9. The lowest BCUT2D eigenvalue weighted by Gasteiger charge is -2.21. The first-order valence-electron chi connectivity index (χ1n) is 9.80. The lowest BCUT2D eigenvalue weighted by molar-refractivity contribution is 0.427. The Morgan fingerprint density at radius 1 is 1.03 bits per heavy atom. The van der Waals surface area contributed by atoms with Crippen LogP contribution in [0.15, 0.2) is 43.4 Å². The van der Waals surface area contributed by atoms with E-state index in [0.717, 1.165) is 33.3 Å². The fraction of sp³-hybridized carbons (Fsp3) is 0.429. The monoisotopic (exact) mass is 474 g/mol. The molecular weight excluding hydrogens is 452 g/mol. The third-order valence-electron chi connectivity index (χ3n) is 5.54. The van der Waals surface area contributed by atoms with E-state index in [1.165, 1.54) is 42.6 Å². The van der Waals surface area contributed by atoms with Crippen molar-refractivity contribution in [3.05, 3.63) is 61.0 Å². The average Bonchev–Trinajstić information content (AvgIpc) is 2.75. The highest BCUT2D eigenvalue weighted by atomic mass is 79.9. The number of hydrogen-bond donors (Lipinski definition) is 0. The molecule has 1 aliphatic carbocycles. The Kier molecular flexibility index (Phi) is 5.92. The van der Waals surface area contributed by atoms with Gasteiger partial charge in [0.15, 0.2) is 5.65 Å². The smallest absolute Gasteiger partial charge is 0.280 e. The van der Waals surface area contributed by atoms with Gasteiger partial charge >= 0.3 is 5.69 Å². The lowest BCUT2D eigenvalue weighted by atomic mass is 9.89. The molecule has 3 aromatic rings. The third kappa shape index (κ3) is 4.05. The molecule has 1 aliphatic rings. The molecule has 0 atom stereocenters. The molecule has 1 saturated carbocycles. The van der Waals surface area contributed by atoms with Gasteiger partial charge < -0.3 is 0 Å². The van der Waals surface area contributed by atoms with E-state index in [4.69, 9.17) is 9.97 Å². The van der Waals surface area contributed by atoms with E-state index in [0.29, 0.717) is 27.7 Å². The summed E-state index contributed by atoms with van der Waals surface area (Å²) in [4.78, 5) is 34.9. The van der Waals surface area contributed by atoms with E-state index >= 15 is 0 Å². The number of aromatic nitrogens is 4. The van der Waals surface area contributed by atoms with Gasteiger partial charge in [-0.25, -0.2) is 14.8 Å². The van der Waals surface area contributed by atoms with Gasteiger partial charge in [-0.1, -0.05) is 47.3 Å². The van der Waals surface area contributed by atoms with Gasteiger partial charge in [-0.3, -0.25) is 13.9 Å². The summed E-state index contributed by atoms with van der Waals surface area (Å²) in [7, 11) is 3.17. The summed E-state index contributed by atoms with van der Waals surface area (Å²) in [6, 6.07) is 8.11. The second kappa shape index (κ2) is 8.44. The highest BCUT2D eigenvalue weighted by Gasteiger charge is 2.23. The van der Waals surface area contributed by atoms with E-state index in [1.54, 1.807) is 7.05 Å². The van der Waals surface area contributed by atoms with Crippen LogP contribution >= 0.6 is 27.7 Å². The van der Waals surface area contributed by atoms with Crippen LogP contribution in [0.5, 0.6) is 0 Å². The van der Waals surface area contributed by atoms with Crippen molar-refractivity contribution >= 4 is 38.7 Å². The van der Waals surface area contributed by atoms with Crippen LogP contribution in [0, 0.1) is 0 Å². The molecule has 1 aromatic carbocycles. The lowest BCUT2D eigenvalue weighted by Crippen LogP contribution is -2.38. The van der Waals surface area contributed by atoms with E-state index in [1.807, 2.05) is 12.1 Å². The Labute approximate surface area is 181 Å². The van der Waals surface area contributed by atoms with Crippen molar-refractivity contribution in [2.45, 2.75) is 48.8 Å². The summed E-state index contributed by atoms with van der Waals surface area (Å²) < 4.78 is 3.63. The number of nitrogens with zero attached hydrogens (tertiary/aromatic N) is 4. The van der Waals surface area contributed by atoms with Crippen LogP contribution in [0.3, 0.4) is 0 Å². The number of rotatable bonds is 4. The van der Waals surface area contributed by atoms with Crippen LogP contribution in [0.4, 0.5) is 0 Å². The first-order valence-corrected chi connectivity index (χ1v) is 11.6. The van der Waals surface area contributed by atoms with Crippen LogP contribution in [-0.2, 0) is 19.8 Å². The third-order valence-corrected chi connectivity index (χ3v) is 7.12. The molecule has 6 nitrogen and oxygen atoms in total. The van der Waals surface area contributed by atoms with Crippen LogP contribution in [-0.4, -0.2) is 19.1 Å². The topological polar surface area (TPSA) is 69.8 Å². The number of fused-ring (bicyclic) bond motifs is 1. The molecule has 1 fully saturated rings. The molecule has 2 heterocycles. The molecule has 0 saturated heterocycles. The van der Waals surface area contributed by atoms with Crippen molar-refractivity contribution in [3.8, 4) is 0 Å². The second-order valence-electron chi connectivity index (χ2n) is 7.54. The van der Waals surface area contributed by atoms with Crippen LogP contribution < -0.4 is 11.2 Å². The largest absolute Gasteiger partial charge is 0.332 e. The van der Waals surface area contributed by atoms with Crippen molar-refractivity contribution in [3.63, 3.8) is 0 Å². The molecule has 0 aliphatic heterocycles. The molecule has 0 N–H and O–H groups in total. The zero-order chi connectivity index (χ0) is 20.5. The molecule has 29 heavy (non-hydrogen) atoms. The van der Waals surface area contributed by atoms with Crippen LogP contribution in [0.1, 0.15) is 49.4 Å². The molecule has 2 aromatic heterocycles. The van der Waals surface area contributed by atoms with Gasteiger partial charge in [-0.15, -0.1) is 11.8 Å². The molecule has 0 spiro atoms. The molecule has 8 heteroatoms. The Balaban J connectivity index is 1.83. The average molecular weight is 475 g/mol. The summed E-state index contributed by atoms with van der Waals surface area (Å²) in [5.41, 5.74) is 0.883. The van der Waals surface area contributed by atoms with Gasteiger partial charge in [0.05, 0.1) is 0 Å². The summed E-state index contributed by atoms with van der Waals surface area (Å²) in [6.45, 7) is 0. The van der Waals surface area contributed by atoms with E-state index in [-0.39, 0.29) is 11.2 Å². The Bertz CT molecular complexity index is 1160. The summed E-state index contributed by atoms with van der Waals surface area (Å²) in [5.74, 6) is 1.74. The molecule has 0 radical (unpaired) electrons. The molecule has 152 valence electrons. The van der Waals surface area contributed by atoms with Gasteiger partial charge in [0.1, 0.15) is 16.2 Å². The standard InChI is InChI=1S/C21H23BrN4O2S/c1-25-18-16(20(27)26(2)21(25)28)19(29-12-13-8-10-15(22)11-9-13)24-17(23-18)14-6-4-3-5-7-14/h8-11,14H,3-7,12H2,1-2H3. The van der Waals surface area contributed by atoms with Gasteiger partial charge in [-0.2, -0.15) is 0 Å². The quantitative estimate of drug-likeness (QED) is 0.419. The fourth-order valence-corrected chi connectivity index (χ4v) is 5.07. The first-order chi connectivity index (χ1) is 14.0. The maximum atomic E-state index is 12.9. The van der Waals surface area contributed by atoms with Gasteiger partial charge in [0.25, 0.3) is 5.56 Å². The Hall–Kier alpha value is -1.93. The van der Waals surface area contributed by atoms with Crippen molar-refractivity contribution in [2.24, 2.45) is 14.1 Å². The highest BCUT2D eigenvalue weighted by Crippen LogP contribution is 2.33. The molecular formula is C21H23BrN4O2S. The molecule has 0 bridgehead atoms. The molecule has 0 unspecified atom stereocenters. The minimum atomic E-state index is -0.361. The highest BCUT2D eigenvalue weighted by molar-refractivity contribution is 9.10. The Morgan fingerprint density at radius 3 is 2.41 bits per heavy atom. The normalized spacial score (nSPS) is 15.1. The zero-order valence-corrected chi connectivity index (χ0v) is 18.9. The van der Waals surface area contributed by atoms with Gasteiger partial charge in [0.2, 0.25) is 0 Å². The zero-order valence-electron chi connectivity index (χ0n) is 16.5. The van der Waals surface area contributed by atoms with Crippen molar-refractivity contribution in [2.75, 3.05) is 0 Å². The van der Waals surface area contributed by atoms with Crippen molar-refractivity contribution in [1.29, 1.82) is 0 Å². The number of halogens is 1. The SMILES string of the molecule is Cn1c(=O)c2c(SCc3ccc(Br)cc3)nc(C3CCCCC3)nc2n(C)c1=O. The minimum Gasteiger partial charge on any atom is -0.280 e. The van der Waals surface area contributed by atoms with Crippen LogP contribution in [0.2, 0.25) is 0 Å². The second-order valence-corrected chi connectivity index (χ2v) is 9.42. The van der Waals surface area contributed by atoms with E-state index in [2.05, 4.69) is 28.1 Å².